The van der Waals surface area contributed by atoms with E-state index in [9.17, 15) is 4.79 Å². The van der Waals surface area contributed by atoms with E-state index in [0.717, 1.165) is 48.1 Å². The summed E-state index contributed by atoms with van der Waals surface area (Å²) >= 11 is 5.93. The van der Waals surface area contributed by atoms with E-state index in [1.165, 1.54) is 0 Å². The summed E-state index contributed by atoms with van der Waals surface area (Å²) in [6.07, 6.45) is 6.02. The van der Waals surface area contributed by atoms with Gasteiger partial charge in [-0.05, 0) is 74.1 Å². The number of allylic oxidation sites excluding steroid dienone is 1. The molecule has 0 aliphatic heterocycles. The van der Waals surface area contributed by atoms with Crippen molar-refractivity contribution in [3.63, 3.8) is 0 Å². The van der Waals surface area contributed by atoms with Crippen LogP contribution in [0.5, 0.6) is 0 Å². The second-order valence-electron chi connectivity index (χ2n) is 6.21. The van der Waals surface area contributed by atoms with Crippen LogP contribution in [0, 0.1) is 6.92 Å². The first-order valence-corrected chi connectivity index (χ1v) is 8.81. The maximum atomic E-state index is 12.1. The monoisotopic (exact) mass is 353 g/mol. The van der Waals surface area contributed by atoms with Crippen LogP contribution in [-0.2, 0) is 4.84 Å². The molecule has 4 heteroatoms. The molecule has 25 heavy (non-hydrogen) atoms. The summed E-state index contributed by atoms with van der Waals surface area (Å²) in [6.45, 7) is 1.98. The highest BCUT2D eigenvalue weighted by atomic mass is 35.5. The molecule has 0 atom stereocenters. The molecule has 0 aromatic heterocycles. The van der Waals surface area contributed by atoms with Gasteiger partial charge in [-0.3, -0.25) is 0 Å². The van der Waals surface area contributed by atoms with Crippen molar-refractivity contribution in [1.82, 2.24) is 0 Å². The van der Waals surface area contributed by atoms with E-state index in [1.54, 1.807) is 12.1 Å². The van der Waals surface area contributed by atoms with Crippen LogP contribution < -0.4 is 0 Å². The van der Waals surface area contributed by atoms with Crippen LogP contribution in [0.25, 0.3) is 6.08 Å². The molecule has 0 saturated heterocycles. The van der Waals surface area contributed by atoms with E-state index in [1.807, 2.05) is 43.3 Å². The number of carbonyl (C=O) groups excluding carboxylic acids is 1. The summed E-state index contributed by atoms with van der Waals surface area (Å²) in [5.74, 6) is -0.427. The fraction of sp³-hybridized carbons (Fsp3) is 0.238. The number of aryl methyl sites for hydroxylation is 1. The van der Waals surface area contributed by atoms with Gasteiger partial charge in [0.05, 0.1) is 11.3 Å². The highest BCUT2D eigenvalue weighted by Gasteiger charge is 2.15. The van der Waals surface area contributed by atoms with Gasteiger partial charge in [-0.2, -0.15) is 0 Å². The average molecular weight is 354 g/mol. The number of nitrogens with zero attached hydrogens (tertiary/aromatic N) is 1. The van der Waals surface area contributed by atoms with Crippen molar-refractivity contribution < 1.29 is 9.63 Å². The molecule has 1 fully saturated rings. The standard InChI is InChI=1S/C21H20ClNO2/c1-15-6-10-17(11-7-15)21(24)25-23-20-5-3-2-4-18(20)14-16-8-12-19(22)13-9-16/h6-14H,2-5H2,1H3/b18-14+,23-20-. The molecule has 0 spiro atoms. The van der Waals surface area contributed by atoms with Gasteiger partial charge in [0.25, 0.3) is 0 Å². The maximum Gasteiger partial charge on any atom is 0.365 e. The third-order valence-corrected chi connectivity index (χ3v) is 4.47. The highest BCUT2D eigenvalue weighted by molar-refractivity contribution is 6.30. The van der Waals surface area contributed by atoms with Crippen LogP contribution in [0.2, 0.25) is 5.02 Å². The molecule has 2 aromatic rings. The Kier molecular flexibility index (Phi) is 5.67. The van der Waals surface area contributed by atoms with Crippen LogP contribution >= 0.6 is 11.6 Å². The minimum atomic E-state index is -0.427. The van der Waals surface area contributed by atoms with E-state index < -0.39 is 5.97 Å². The lowest BCUT2D eigenvalue weighted by molar-refractivity contribution is 0.0515. The quantitative estimate of drug-likeness (QED) is 0.515. The molecule has 0 N–H and O–H groups in total. The molecule has 0 unspecified atom stereocenters. The van der Waals surface area contributed by atoms with Gasteiger partial charge in [-0.15, -0.1) is 0 Å². The van der Waals surface area contributed by atoms with Gasteiger partial charge in [0.1, 0.15) is 0 Å². The smallest absolute Gasteiger partial charge is 0.313 e. The van der Waals surface area contributed by atoms with Crippen molar-refractivity contribution in [3.8, 4) is 0 Å². The van der Waals surface area contributed by atoms with E-state index in [2.05, 4.69) is 11.2 Å². The Morgan fingerprint density at radius 1 is 1.04 bits per heavy atom. The van der Waals surface area contributed by atoms with Gasteiger partial charge in [0.15, 0.2) is 0 Å². The third-order valence-electron chi connectivity index (χ3n) is 4.22. The van der Waals surface area contributed by atoms with Crippen LogP contribution in [0.3, 0.4) is 0 Å². The van der Waals surface area contributed by atoms with Crippen molar-refractivity contribution in [1.29, 1.82) is 0 Å². The van der Waals surface area contributed by atoms with Crippen molar-refractivity contribution in [3.05, 3.63) is 75.8 Å². The molecule has 0 bridgehead atoms. The molecule has 0 amide bonds. The average Bonchev–Trinajstić information content (AvgIpc) is 2.63. The van der Waals surface area contributed by atoms with E-state index in [-0.39, 0.29) is 0 Å². The van der Waals surface area contributed by atoms with Gasteiger partial charge in [0, 0.05) is 5.02 Å². The zero-order chi connectivity index (χ0) is 17.6. The lowest BCUT2D eigenvalue weighted by atomic mass is 9.91. The molecular formula is C21H20ClNO2. The minimum absolute atomic E-state index is 0.427. The van der Waals surface area contributed by atoms with E-state index in [4.69, 9.17) is 16.4 Å². The Labute approximate surface area is 153 Å². The van der Waals surface area contributed by atoms with Crippen molar-refractivity contribution >= 4 is 29.4 Å². The maximum absolute atomic E-state index is 12.1. The van der Waals surface area contributed by atoms with Gasteiger partial charge < -0.3 is 4.84 Å². The molecule has 2 aromatic carbocycles. The lowest BCUT2D eigenvalue weighted by Crippen LogP contribution is -2.11. The summed E-state index contributed by atoms with van der Waals surface area (Å²) in [6, 6.07) is 15.0. The fourth-order valence-electron chi connectivity index (χ4n) is 2.77. The second-order valence-corrected chi connectivity index (χ2v) is 6.65. The normalized spacial score (nSPS) is 17.7. The number of carbonyl (C=O) groups is 1. The number of oxime groups is 1. The van der Waals surface area contributed by atoms with Crippen LogP contribution in [0.1, 0.15) is 47.2 Å². The largest absolute Gasteiger partial charge is 0.365 e. The molecule has 1 aliphatic rings. The molecule has 1 aliphatic carbocycles. The zero-order valence-electron chi connectivity index (χ0n) is 14.2. The van der Waals surface area contributed by atoms with Crippen LogP contribution in [0.15, 0.2) is 59.3 Å². The molecule has 0 radical (unpaired) electrons. The summed E-state index contributed by atoms with van der Waals surface area (Å²) in [7, 11) is 0. The van der Waals surface area contributed by atoms with Crippen LogP contribution in [0.4, 0.5) is 0 Å². The molecule has 128 valence electrons. The first kappa shape index (κ1) is 17.4. The number of halogens is 1. The van der Waals surface area contributed by atoms with Gasteiger partial charge in [-0.1, -0.05) is 46.6 Å². The first-order chi connectivity index (χ1) is 12.1. The summed E-state index contributed by atoms with van der Waals surface area (Å²) in [4.78, 5) is 17.3. The number of benzene rings is 2. The summed E-state index contributed by atoms with van der Waals surface area (Å²) in [5.41, 5.74) is 4.64. The molecule has 3 nitrogen and oxygen atoms in total. The number of hydrogen-bond acceptors (Lipinski definition) is 3. The molecular weight excluding hydrogens is 334 g/mol. The molecule has 0 heterocycles. The van der Waals surface area contributed by atoms with Crippen LogP contribution in [-0.4, -0.2) is 11.7 Å². The lowest BCUT2D eigenvalue weighted by Gasteiger charge is -2.16. The Bertz CT molecular complexity index is 805. The first-order valence-electron chi connectivity index (χ1n) is 8.43. The predicted octanol–water partition coefficient (Wildman–Crippen LogP) is 5.82. The molecule has 3 rings (SSSR count). The van der Waals surface area contributed by atoms with Gasteiger partial charge in [0.2, 0.25) is 0 Å². The summed E-state index contributed by atoms with van der Waals surface area (Å²) < 4.78 is 0. The van der Waals surface area contributed by atoms with Crippen molar-refractivity contribution in [2.45, 2.75) is 32.6 Å². The topological polar surface area (TPSA) is 38.7 Å². The Morgan fingerprint density at radius 2 is 1.72 bits per heavy atom. The van der Waals surface area contributed by atoms with Crippen molar-refractivity contribution in [2.75, 3.05) is 0 Å². The SMILES string of the molecule is Cc1ccc(C(=O)O/N=C2/CCCC/C2=C\c2ccc(Cl)cc2)cc1. The fourth-order valence-corrected chi connectivity index (χ4v) is 2.90. The summed E-state index contributed by atoms with van der Waals surface area (Å²) in [5, 5.41) is 4.86. The Balaban J connectivity index is 1.75. The van der Waals surface area contributed by atoms with E-state index >= 15 is 0 Å². The van der Waals surface area contributed by atoms with E-state index in [0.29, 0.717) is 10.6 Å². The molecule has 1 saturated carbocycles. The zero-order valence-corrected chi connectivity index (χ0v) is 14.9. The number of hydrogen-bond donors (Lipinski definition) is 0. The number of rotatable bonds is 3. The highest BCUT2D eigenvalue weighted by Crippen LogP contribution is 2.24. The predicted molar refractivity (Wildman–Crippen MR) is 102 cm³/mol. The van der Waals surface area contributed by atoms with Gasteiger partial charge in [-0.25, -0.2) is 4.79 Å². The Hall–Kier alpha value is -2.39. The van der Waals surface area contributed by atoms with Crippen molar-refractivity contribution in [2.24, 2.45) is 5.16 Å². The Morgan fingerprint density at radius 3 is 2.44 bits per heavy atom. The third kappa shape index (κ3) is 4.80. The van der Waals surface area contributed by atoms with Gasteiger partial charge >= 0.3 is 5.97 Å². The second kappa shape index (κ2) is 8.13. The minimum Gasteiger partial charge on any atom is -0.313 e.